The van der Waals surface area contributed by atoms with Crippen molar-refractivity contribution in [1.82, 2.24) is 4.90 Å². The molecule has 1 heterocycles. The summed E-state index contributed by atoms with van der Waals surface area (Å²) in [6.07, 6.45) is 7.72. The lowest BCUT2D eigenvalue weighted by Gasteiger charge is -2.35. The summed E-state index contributed by atoms with van der Waals surface area (Å²) in [4.78, 5) is 2.66. The molecule has 2 rings (SSSR count). The molecule has 1 unspecified atom stereocenters. The Morgan fingerprint density at radius 2 is 2.00 bits per heavy atom. The molecule has 1 aliphatic heterocycles. The first kappa shape index (κ1) is 13.9. The number of rotatable bonds is 6. The predicted molar refractivity (Wildman–Crippen MR) is 79.3 cm³/mol. The van der Waals surface area contributed by atoms with Crippen LogP contribution in [0.15, 0.2) is 30.3 Å². The maximum Gasteiger partial charge on any atom is 0.0238 e. The minimum atomic E-state index is 0.743. The minimum absolute atomic E-state index is 0.743. The minimum Gasteiger partial charge on any atom is -0.300 e. The van der Waals surface area contributed by atoms with Crippen LogP contribution in [0.25, 0.3) is 0 Å². The Balaban J connectivity index is 1.74. The van der Waals surface area contributed by atoms with Crippen molar-refractivity contribution in [3.05, 3.63) is 35.9 Å². The van der Waals surface area contributed by atoms with Crippen LogP contribution in [0, 0.1) is 0 Å². The number of hydrogen-bond acceptors (Lipinski definition) is 1. The molecule has 18 heavy (non-hydrogen) atoms. The van der Waals surface area contributed by atoms with Crippen molar-refractivity contribution in [2.24, 2.45) is 0 Å². The van der Waals surface area contributed by atoms with Gasteiger partial charge in [0.1, 0.15) is 0 Å². The molecule has 1 nitrogen and oxygen atoms in total. The smallest absolute Gasteiger partial charge is 0.0238 e. The number of piperidine rings is 1. The van der Waals surface area contributed by atoms with Gasteiger partial charge in [-0.25, -0.2) is 0 Å². The molecular formula is C16H24ClN. The summed E-state index contributed by atoms with van der Waals surface area (Å²) < 4.78 is 0. The third-order valence-electron chi connectivity index (χ3n) is 3.95. The van der Waals surface area contributed by atoms with E-state index in [0.29, 0.717) is 0 Å². The van der Waals surface area contributed by atoms with E-state index in [1.807, 2.05) is 0 Å². The van der Waals surface area contributed by atoms with Crippen LogP contribution in [0.2, 0.25) is 0 Å². The van der Waals surface area contributed by atoms with Crippen LogP contribution < -0.4 is 0 Å². The van der Waals surface area contributed by atoms with E-state index in [-0.39, 0.29) is 0 Å². The van der Waals surface area contributed by atoms with Gasteiger partial charge in [0.25, 0.3) is 0 Å². The Bertz CT molecular complexity index is 323. The van der Waals surface area contributed by atoms with Crippen LogP contribution in [0.5, 0.6) is 0 Å². The highest BCUT2D eigenvalue weighted by Crippen LogP contribution is 2.20. The summed E-state index contributed by atoms with van der Waals surface area (Å²) in [7, 11) is 0. The van der Waals surface area contributed by atoms with E-state index in [0.717, 1.165) is 18.3 Å². The molecule has 0 saturated carbocycles. The molecule has 0 N–H and O–H groups in total. The van der Waals surface area contributed by atoms with E-state index < -0.39 is 0 Å². The number of aryl methyl sites for hydroxylation is 1. The van der Waals surface area contributed by atoms with Gasteiger partial charge in [0.05, 0.1) is 0 Å². The number of hydrogen-bond donors (Lipinski definition) is 0. The van der Waals surface area contributed by atoms with E-state index in [1.165, 1.54) is 50.8 Å². The summed E-state index contributed by atoms with van der Waals surface area (Å²) in [6.45, 7) is 2.51. The molecule has 1 saturated heterocycles. The Kier molecular flexibility index (Phi) is 6.02. The van der Waals surface area contributed by atoms with E-state index >= 15 is 0 Å². The second-order valence-electron chi connectivity index (χ2n) is 5.25. The van der Waals surface area contributed by atoms with Gasteiger partial charge in [0.15, 0.2) is 0 Å². The Labute approximate surface area is 116 Å². The molecule has 2 heteroatoms. The van der Waals surface area contributed by atoms with Crippen LogP contribution in [0.4, 0.5) is 0 Å². The van der Waals surface area contributed by atoms with Gasteiger partial charge in [-0.3, -0.25) is 0 Å². The monoisotopic (exact) mass is 265 g/mol. The molecule has 1 fully saturated rings. The van der Waals surface area contributed by atoms with E-state index in [4.69, 9.17) is 11.6 Å². The maximum absolute atomic E-state index is 5.90. The van der Waals surface area contributed by atoms with Gasteiger partial charge in [-0.05, 0) is 50.8 Å². The van der Waals surface area contributed by atoms with Crippen molar-refractivity contribution in [3.63, 3.8) is 0 Å². The van der Waals surface area contributed by atoms with Crippen LogP contribution >= 0.6 is 11.6 Å². The Morgan fingerprint density at radius 3 is 2.78 bits per heavy atom. The van der Waals surface area contributed by atoms with Crippen LogP contribution in [0.3, 0.4) is 0 Å². The molecule has 100 valence electrons. The van der Waals surface area contributed by atoms with Gasteiger partial charge in [-0.1, -0.05) is 36.8 Å². The highest BCUT2D eigenvalue weighted by molar-refractivity contribution is 6.17. The van der Waals surface area contributed by atoms with Crippen LogP contribution in [-0.2, 0) is 6.42 Å². The Hall–Kier alpha value is -0.530. The van der Waals surface area contributed by atoms with Crippen molar-refractivity contribution in [1.29, 1.82) is 0 Å². The van der Waals surface area contributed by atoms with Gasteiger partial charge in [0.2, 0.25) is 0 Å². The predicted octanol–water partition coefficient (Wildman–Crippen LogP) is 4.10. The average molecular weight is 266 g/mol. The molecule has 0 radical (unpaired) electrons. The van der Waals surface area contributed by atoms with Crippen molar-refractivity contribution < 1.29 is 0 Å². The molecule has 1 aliphatic rings. The molecule has 0 aliphatic carbocycles. The fourth-order valence-corrected chi connectivity index (χ4v) is 3.19. The molecule has 1 aromatic rings. The zero-order valence-electron chi connectivity index (χ0n) is 11.2. The van der Waals surface area contributed by atoms with Gasteiger partial charge in [0, 0.05) is 11.9 Å². The summed E-state index contributed by atoms with van der Waals surface area (Å²) in [6, 6.07) is 11.6. The van der Waals surface area contributed by atoms with Gasteiger partial charge < -0.3 is 4.90 Å². The fraction of sp³-hybridized carbons (Fsp3) is 0.625. The first-order valence-corrected chi connectivity index (χ1v) is 7.77. The molecular weight excluding hydrogens is 242 g/mol. The second kappa shape index (κ2) is 7.81. The summed E-state index contributed by atoms with van der Waals surface area (Å²) >= 11 is 5.90. The third-order valence-corrected chi connectivity index (χ3v) is 4.16. The van der Waals surface area contributed by atoms with Gasteiger partial charge in [-0.15, -0.1) is 11.6 Å². The fourth-order valence-electron chi connectivity index (χ4n) is 2.94. The molecule has 0 amide bonds. The molecule has 0 aromatic heterocycles. The largest absolute Gasteiger partial charge is 0.300 e. The number of alkyl halides is 1. The quantitative estimate of drug-likeness (QED) is 0.700. The third kappa shape index (κ3) is 4.29. The standard InChI is InChI=1S/C16H24ClN/c17-12-11-16-10-4-5-13-18(16)14-6-9-15-7-2-1-3-8-15/h1-3,7-8,16H,4-6,9-14H2. The summed E-state index contributed by atoms with van der Waals surface area (Å²) in [5.41, 5.74) is 1.46. The number of halogens is 1. The number of benzene rings is 1. The lowest BCUT2D eigenvalue weighted by molar-refractivity contribution is 0.143. The summed E-state index contributed by atoms with van der Waals surface area (Å²) in [5.74, 6) is 0.805. The van der Waals surface area contributed by atoms with Gasteiger partial charge >= 0.3 is 0 Å². The SMILES string of the molecule is ClCCC1CCCCN1CCCc1ccccc1. The summed E-state index contributed by atoms with van der Waals surface area (Å²) in [5, 5.41) is 0. The zero-order valence-corrected chi connectivity index (χ0v) is 11.9. The van der Waals surface area contributed by atoms with E-state index in [2.05, 4.69) is 35.2 Å². The van der Waals surface area contributed by atoms with Crippen molar-refractivity contribution in [2.45, 2.75) is 44.6 Å². The topological polar surface area (TPSA) is 3.24 Å². The highest BCUT2D eigenvalue weighted by Gasteiger charge is 2.20. The molecule has 0 bridgehead atoms. The van der Waals surface area contributed by atoms with Crippen molar-refractivity contribution in [3.8, 4) is 0 Å². The number of nitrogens with zero attached hydrogens (tertiary/aromatic N) is 1. The maximum atomic E-state index is 5.90. The zero-order chi connectivity index (χ0) is 12.6. The first-order chi connectivity index (χ1) is 8.90. The second-order valence-corrected chi connectivity index (χ2v) is 5.63. The molecule has 0 spiro atoms. The van der Waals surface area contributed by atoms with Crippen LogP contribution in [-0.4, -0.2) is 29.9 Å². The molecule has 1 atom stereocenters. The normalized spacial score (nSPS) is 21.1. The Morgan fingerprint density at radius 1 is 1.17 bits per heavy atom. The van der Waals surface area contributed by atoms with E-state index in [9.17, 15) is 0 Å². The van der Waals surface area contributed by atoms with E-state index in [1.54, 1.807) is 0 Å². The molecule has 1 aromatic carbocycles. The lowest BCUT2D eigenvalue weighted by atomic mass is 9.99. The van der Waals surface area contributed by atoms with Crippen molar-refractivity contribution in [2.75, 3.05) is 19.0 Å². The first-order valence-electron chi connectivity index (χ1n) is 7.24. The highest BCUT2D eigenvalue weighted by atomic mass is 35.5. The number of likely N-dealkylation sites (tertiary alicyclic amines) is 1. The van der Waals surface area contributed by atoms with Crippen LogP contribution in [0.1, 0.15) is 37.7 Å². The van der Waals surface area contributed by atoms with Gasteiger partial charge in [-0.2, -0.15) is 0 Å². The lowest BCUT2D eigenvalue weighted by Crippen LogP contribution is -2.40. The average Bonchev–Trinajstić information content (AvgIpc) is 2.42. The van der Waals surface area contributed by atoms with Crippen molar-refractivity contribution >= 4 is 11.6 Å².